The van der Waals surface area contributed by atoms with Crippen molar-refractivity contribution in [2.75, 3.05) is 19.6 Å². The molecule has 0 radical (unpaired) electrons. The van der Waals surface area contributed by atoms with Crippen LogP contribution in [0.15, 0.2) is 57.9 Å². The highest BCUT2D eigenvalue weighted by molar-refractivity contribution is 6.30. The number of aryl methyl sites for hydroxylation is 2. The second-order valence-corrected chi connectivity index (χ2v) is 10.5. The second-order valence-electron chi connectivity index (χ2n) is 10.0. The highest BCUT2D eigenvalue weighted by atomic mass is 35.5. The molecule has 0 aliphatic carbocycles. The smallest absolute Gasteiger partial charge is 0.401 e. The van der Waals surface area contributed by atoms with Crippen LogP contribution in [0.3, 0.4) is 0 Å². The van der Waals surface area contributed by atoms with Gasteiger partial charge in [0.1, 0.15) is 17.3 Å². The lowest BCUT2D eigenvalue weighted by Gasteiger charge is -2.30. The van der Waals surface area contributed by atoms with Crippen LogP contribution in [0.4, 0.5) is 22.0 Å². The summed E-state index contributed by atoms with van der Waals surface area (Å²) in [5.74, 6) is -1.63. The Bertz CT molecular complexity index is 1600. The summed E-state index contributed by atoms with van der Waals surface area (Å²) in [6.45, 7) is 3.05. The third kappa shape index (κ3) is 5.83. The van der Waals surface area contributed by atoms with Crippen molar-refractivity contribution in [2.24, 2.45) is 0 Å². The van der Waals surface area contributed by atoms with Crippen LogP contribution in [-0.2, 0) is 0 Å². The van der Waals surface area contributed by atoms with Gasteiger partial charge >= 0.3 is 6.18 Å². The lowest BCUT2D eigenvalue weighted by atomic mass is 9.97. The molecular formula is C29H25ClF5N3O2. The molecule has 3 heterocycles. The Kier molecular flexibility index (Phi) is 7.58. The van der Waals surface area contributed by atoms with Crippen molar-refractivity contribution in [3.8, 4) is 28.3 Å². The molecule has 1 aliphatic rings. The van der Waals surface area contributed by atoms with Gasteiger partial charge in [-0.3, -0.25) is 14.3 Å². The number of hydrogen-bond donors (Lipinski definition) is 0. The van der Waals surface area contributed by atoms with Crippen LogP contribution < -0.4 is 5.56 Å². The van der Waals surface area contributed by atoms with Gasteiger partial charge in [0.2, 0.25) is 0 Å². The highest BCUT2D eigenvalue weighted by Crippen LogP contribution is 2.39. The van der Waals surface area contributed by atoms with Gasteiger partial charge in [-0.05, 0) is 81.2 Å². The number of oxazole rings is 1. The summed E-state index contributed by atoms with van der Waals surface area (Å²) in [4.78, 5) is 18.9. The fraction of sp³-hybridized carbons (Fsp3) is 0.310. The lowest BCUT2D eigenvalue weighted by molar-refractivity contribution is -0.148. The van der Waals surface area contributed by atoms with Gasteiger partial charge in [0, 0.05) is 34.8 Å². The molecule has 0 N–H and O–H groups in total. The first kappa shape index (κ1) is 28.0. The molecule has 4 aromatic rings. The average Bonchev–Trinajstić information content (AvgIpc) is 3.29. The quantitative estimate of drug-likeness (QED) is 0.231. The van der Waals surface area contributed by atoms with E-state index in [0.29, 0.717) is 29.1 Å². The van der Waals surface area contributed by atoms with Crippen LogP contribution in [0.25, 0.3) is 28.3 Å². The molecule has 0 spiro atoms. The summed E-state index contributed by atoms with van der Waals surface area (Å²) in [7, 11) is 0. The molecule has 0 saturated carbocycles. The number of pyridine rings is 1. The zero-order chi connectivity index (χ0) is 28.8. The Morgan fingerprint density at radius 3 is 2.33 bits per heavy atom. The van der Waals surface area contributed by atoms with Crippen molar-refractivity contribution < 1.29 is 26.4 Å². The maximum absolute atomic E-state index is 14.9. The molecule has 2 aromatic heterocycles. The number of benzene rings is 2. The summed E-state index contributed by atoms with van der Waals surface area (Å²) in [5.41, 5.74) is 2.49. The van der Waals surface area contributed by atoms with Crippen molar-refractivity contribution in [1.29, 1.82) is 0 Å². The zero-order valence-corrected chi connectivity index (χ0v) is 22.4. The molecule has 11 heteroatoms. The molecule has 0 bridgehead atoms. The highest BCUT2D eigenvalue weighted by Gasteiger charge is 2.34. The van der Waals surface area contributed by atoms with Crippen molar-refractivity contribution in [2.45, 2.75) is 38.8 Å². The minimum atomic E-state index is -4.29. The predicted molar refractivity (Wildman–Crippen MR) is 142 cm³/mol. The van der Waals surface area contributed by atoms with Crippen LogP contribution in [0.5, 0.6) is 0 Å². The topological polar surface area (TPSA) is 51.3 Å². The van der Waals surface area contributed by atoms with Gasteiger partial charge in [0.05, 0.1) is 17.8 Å². The predicted octanol–water partition coefficient (Wildman–Crippen LogP) is 7.45. The molecule has 5 nitrogen and oxygen atoms in total. The van der Waals surface area contributed by atoms with E-state index >= 15 is 0 Å². The maximum Gasteiger partial charge on any atom is 0.401 e. The van der Waals surface area contributed by atoms with E-state index in [1.54, 1.807) is 18.3 Å². The Hall–Kier alpha value is -3.50. The van der Waals surface area contributed by atoms with Crippen molar-refractivity contribution in [3.05, 3.63) is 92.7 Å². The fourth-order valence-corrected chi connectivity index (χ4v) is 5.57. The van der Waals surface area contributed by atoms with Crippen LogP contribution >= 0.6 is 11.6 Å². The third-order valence-electron chi connectivity index (χ3n) is 7.04. The van der Waals surface area contributed by atoms with E-state index in [0.717, 1.165) is 23.3 Å². The van der Waals surface area contributed by atoms with E-state index in [-0.39, 0.29) is 47.5 Å². The Labute approximate surface area is 231 Å². The molecule has 0 atom stereocenters. The number of nitrogens with zero attached hydrogens (tertiary/aromatic N) is 3. The monoisotopic (exact) mass is 577 g/mol. The van der Waals surface area contributed by atoms with E-state index in [1.807, 2.05) is 13.8 Å². The first-order valence-electron chi connectivity index (χ1n) is 12.6. The van der Waals surface area contributed by atoms with Crippen LogP contribution in [0.1, 0.15) is 35.8 Å². The van der Waals surface area contributed by atoms with Crippen LogP contribution in [0, 0.1) is 25.5 Å². The standard InChI is InChI=1S/C29H25ClF5N3O2/c1-16-11-20(30)12-17(2)26(16)38-14-19(3-6-24(38)39)25-27(22-5-4-21(31)13-23(22)32)40-28(36-25)18-7-9-37(10-8-18)15-29(33,34)35/h3-6,11-14,18H,7-10,15H2,1-2H3. The van der Waals surface area contributed by atoms with Crippen LogP contribution in [0.2, 0.25) is 5.02 Å². The largest absolute Gasteiger partial charge is 0.440 e. The summed E-state index contributed by atoms with van der Waals surface area (Å²) in [6.07, 6.45) is -1.99. The molecule has 2 aromatic carbocycles. The number of alkyl halides is 3. The number of likely N-dealkylation sites (tertiary alicyclic amines) is 1. The van der Waals surface area contributed by atoms with E-state index in [2.05, 4.69) is 4.98 Å². The maximum atomic E-state index is 14.9. The number of hydrogen-bond acceptors (Lipinski definition) is 4. The molecule has 40 heavy (non-hydrogen) atoms. The number of halogens is 6. The number of rotatable bonds is 5. The lowest BCUT2D eigenvalue weighted by Crippen LogP contribution is -2.39. The summed E-state index contributed by atoms with van der Waals surface area (Å²) in [5, 5.41) is 0.527. The number of piperidine rings is 1. The minimum Gasteiger partial charge on any atom is -0.440 e. The molecule has 1 saturated heterocycles. The Balaban J connectivity index is 1.59. The molecule has 0 amide bonds. The molecule has 1 fully saturated rings. The van der Waals surface area contributed by atoms with Gasteiger partial charge in [-0.25, -0.2) is 13.8 Å². The molecular weight excluding hydrogens is 553 g/mol. The van der Waals surface area contributed by atoms with E-state index < -0.39 is 24.4 Å². The molecule has 1 aliphatic heterocycles. The van der Waals surface area contributed by atoms with E-state index in [1.165, 1.54) is 27.7 Å². The fourth-order valence-electron chi connectivity index (χ4n) is 5.24. The summed E-state index contributed by atoms with van der Waals surface area (Å²) < 4.78 is 74.7. The van der Waals surface area contributed by atoms with Crippen LogP contribution in [-0.4, -0.2) is 40.3 Å². The minimum absolute atomic E-state index is 0.0266. The van der Waals surface area contributed by atoms with Gasteiger partial charge in [0.15, 0.2) is 11.7 Å². The normalized spacial score (nSPS) is 15.1. The van der Waals surface area contributed by atoms with Gasteiger partial charge in [-0.2, -0.15) is 13.2 Å². The van der Waals surface area contributed by atoms with Crippen molar-refractivity contribution >= 4 is 11.6 Å². The van der Waals surface area contributed by atoms with Crippen molar-refractivity contribution in [3.63, 3.8) is 0 Å². The number of aromatic nitrogens is 2. The summed E-state index contributed by atoms with van der Waals surface area (Å²) in [6, 6.07) is 9.45. The van der Waals surface area contributed by atoms with E-state index in [9.17, 15) is 26.7 Å². The van der Waals surface area contributed by atoms with Gasteiger partial charge in [0.25, 0.3) is 5.56 Å². The first-order chi connectivity index (χ1) is 18.9. The van der Waals surface area contributed by atoms with Gasteiger partial charge in [-0.15, -0.1) is 0 Å². The molecule has 0 unspecified atom stereocenters. The second kappa shape index (κ2) is 10.8. The molecule has 210 valence electrons. The Morgan fingerprint density at radius 2 is 1.70 bits per heavy atom. The summed E-state index contributed by atoms with van der Waals surface area (Å²) >= 11 is 6.18. The zero-order valence-electron chi connectivity index (χ0n) is 21.7. The average molecular weight is 578 g/mol. The van der Waals surface area contributed by atoms with Gasteiger partial charge in [-0.1, -0.05) is 11.6 Å². The Morgan fingerprint density at radius 1 is 1.02 bits per heavy atom. The third-order valence-corrected chi connectivity index (χ3v) is 7.26. The SMILES string of the molecule is Cc1cc(Cl)cc(C)c1-n1cc(-c2nc(C3CCN(CC(F)(F)F)CC3)oc2-c2ccc(F)cc2F)ccc1=O. The molecule has 5 rings (SSSR count). The first-order valence-corrected chi connectivity index (χ1v) is 13.0. The van der Waals surface area contributed by atoms with E-state index in [4.69, 9.17) is 16.0 Å². The van der Waals surface area contributed by atoms with Gasteiger partial charge < -0.3 is 4.42 Å². The van der Waals surface area contributed by atoms with Crippen molar-refractivity contribution in [1.82, 2.24) is 14.5 Å².